The van der Waals surface area contributed by atoms with Gasteiger partial charge < -0.3 is 5.32 Å². The van der Waals surface area contributed by atoms with Crippen LogP contribution in [-0.4, -0.2) is 12.6 Å². The van der Waals surface area contributed by atoms with E-state index in [-0.39, 0.29) is 0 Å². The largest absolute Gasteiger partial charge is 0.314 e. The van der Waals surface area contributed by atoms with E-state index < -0.39 is 0 Å². The second-order valence-corrected chi connectivity index (χ2v) is 3.86. The summed E-state index contributed by atoms with van der Waals surface area (Å²) < 4.78 is 0. The number of terminal acetylenes is 1. The van der Waals surface area contributed by atoms with Crippen LogP contribution in [0.15, 0.2) is 0 Å². The van der Waals surface area contributed by atoms with Crippen LogP contribution < -0.4 is 5.32 Å². The van der Waals surface area contributed by atoms with Crippen LogP contribution in [0.4, 0.5) is 0 Å². The first kappa shape index (κ1) is 13.5. The second-order valence-electron chi connectivity index (χ2n) is 3.86. The van der Waals surface area contributed by atoms with Gasteiger partial charge in [0, 0.05) is 12.5 Å². The van der Waals surface area contributed by atoms with Crippen molar-refractivity contribution < 1.29 is 0 Å². The molecular weight excluding hydrogens is 170 g/mol. The number of hydrogen-bond donors (Lipinski definition) is 1. The molecule has 0 aromatic heterocycles. The molecule has 1 nitrogen and oxygen atoms in total. The molecule has 0 radical (unpaired) electrons. The van der Waals surface area contributed by atoms with Crippen molar-refractivity contribution in [3.05, 3.63) is 0 Å². The molecule has 0 aromatic rings. The van der Waals surface area contributed by atoms with Crippen molar-refractivity contribution in [2.75, 3.05) is 6.54 Å². The average Bonchev–Trinajstić information content (AvgIpc) is 2.22. The van der Waals surface area contributed by atoms with Gasteiger partial charge in [0.25, 0.3) is 0 Å². The van der Waals surface area contributed by atoms with E-state index in [1.807, 2.05) is 0 Å². The lowest BCUT2D eigenvalue weighted by molar-refractivity contribution is 0.446. The molecule has 0 fully saturated rings. The molecule has 0 aliphatic heterocycles. The maximum atomic E-state index is 5.20. The van der Waals surface area contributed by atoms with Crippen molar-refractivity contribution in [2.24, 2.45) is 0 Å². The Bertz CT molecular complexity index is 146. The third-order valence-electron chi connectivity index (χ3n) is 2.55. The van der Waals surface area contributed by atoms with Gasteiger partial charge in [-0.25, -0.2) is 0 Å². The fourth-order valence-corrected chi connectivity index (χ4v) is 1.59. The molecule has 82 valence electrons. The van der Waals surface area contributed by atoms with Crippen molar-refractivity contribution in [1.82, 2.24) is 5.32 Å². The van der Waals surface area contributed by atoms with Gasteiger partial charge in [-0.2, -0.15) is 0 Å². The highest BCUT2D eigenvalue weighted by Crippen LogP contribution is 2.07. The predicted molar refractivity (Wildman–Crippen MR) is 64.3 cm³/mol. The first-order valence-electron chi connectivity index (χ1n) is 6.02. The van der Waals surface area contributed by atoms with E-state index in [0.717, 1.165) is 19.0 Å². The summed E-state index contributed by atoms with van der Waals surface area (Å²) in [6.07, 6.45) is 13.7. The highest BCUT2D eigenvalue weighted by Gasteiger charge is 2.03. The fourth-order valence-electron chi connectivity index (χ4n) is 1.59. The Morgan fingerprint density at radius 2 is 2.00 bits per heavy atom. The van der Waals surface area contributed by atoms with Gasteiger partial charge in [-0.1, -0.05) is 26.7 Å². The van der Waals surface area contributed by atoms with Crippen LogP contribution in [0.2, 0.25) is 0 Å². The molecule has 0 aliphatic carbocycles. The molecule has 0 spiro atoms. The summed E-state index contributed by atoms with van der Waals surface area (Å²) in [5.74, 6) is 2.69. The van der Waals surface area contributed by atoms with Crippen LogP contribution in [0.5, 0.6) is 0 Å². The molecule has 1 N–H and O–H groups in total. The number of hydrogen-bond acceptors (Lipinski definition) is 1. The van der Waals surface area contributed by atoms with Crippen molar-refractivity contribution in [3.63, 3.8) is 0 Å². The maximum Gasteiger partial charge on any atom is 0.00860 e. The fraction of sp³-hybridized carbons (Fsp3) is 0.846. The summed E-state index contributed by atoms with van der Waals surface area (Å²) in [4.78, 5) is 0. The molecule has 0 saturated heterocycles. The zero-order chi connectivity index (χ0) is 10.6. The first-order valence-corrected chi connectivity index (χ1v) is 6.02. The summed E-state index contributed by atoms with van der Waals surface area (Å²) in [6, 6.07) is 0.723. The summed E-state index contributed by atoms with van der Waals surface area (Å²) >= 11 is 0. The second kappa shape index (κ2) is 10.6. The maximum absolute atomic E-state index is 5.20. The minimum Gasteiger partial charge on any atom is -0.314 e. The highest BCUT2D eigenvalue weighted by atomic mass is 14.9. The van der Waals surface area contributed by atoms with Crippen LogP contribution in [0.1, 0.15) is 58.8 Å². The first-order chi connectivity index (χ1) is 6.85. The third-order valence-corrected chi connectivity index (χ3v) is 2.55. The lowest BCUT2D eigenvalue weighted by atomic mass is 10.1. The van der Waals surface area contributed by atoms with Gasteiger partial charge in [0.15, 0.2) is 0 Å². The highest BCUT2D eigenvalue weighted by molar-refractivity contribution is 4.82. The summed E-state index contributed by atoms with van der Waals surface area (Å²) in [7, 11) is 0. The Morgan fingerprint density at radius 1 is 1.21 bits per heavy atom. The van der Waals surface area contributed by atoms with E-state index in [1.165, 1.54) is 38.5 Å². The van der Waals surface area contributed by atoms with Crippen molar-refractivity contribution in [3.8, 4) is 12.3 Å². The van der Waals surface area contributed by atoms with Crippen LogP contribution >= 0.6 is 0 Å². The molecule has 0 rings (SSSR count). The van der Waals surface area contributed by atoms with Gasteiger partial charge in [0.2, 0.25) is 0 Å². The van der Waals surface area contributed by atoms with Crippen molar-refractivity contribution in [1.29, 1.82) is 0 Å². The smallest absolute Gasteiger partial charge is 0.00860 e. The number of nitrogens with one attached hydrogen (secondary N) is 1. The Labute approximate surface area is 89.7 Å². The molecule has 0 bridgehead atoms. The van der Waals surface area contributed by atoms with Gasteiger partial charge in [-0.3, -0.25) is 0 Å². The van der Waals surface area contributed by atoms with Crippen molar-refractivity contribution in [2.45, 2.75) is 64.8 Å². The topological polar surface area (TPSA) is 12.0 Å². The van der Waals surface area contributed by atoms with E-state index in [4.69, 9.17) is 6.42 Å². The Hall–Kier alpha value is -0.480. The summed E-state index contributed by atoms with van der Waals surface area (Å²) in [5, 5.41) is 3.57. The van der Waals surface area contributed by atoms with Crippen LogP contribution in [0.3, 0.4) is 0 Å². The van der Waals surface area contributed by atoms with Crippen LogP contribution in [0.25, 0.3) is 0 Å². The van der Waals surface area contributed by atoms with E-state index >= 15 is 0 Å². The Kier molecular flexibility index (Phi) is 10.2. The zero-order valence-corrected chi connectivity index (χ0v) is 9.81. The molecule has 0 saturated carbocycles. The van der Waals surface area contributed by atoms with Gasteiger partial charge in [-0.15, -0.1) is 12.3 Å². The SMILES string of the molecule is C#CCCCCCC(CC)NCCC. The van der Waals surface area contributed by atoms with Gasteiger partial charge in [0.1, 0.15) is 0 Å². The minimum absolute atomic E-state index is 0.723. The number of unbranched alkanes of at least 4 members (excludes halogenated alkanes) is 3. The number of rotatable bonds is 9. The van der Waals surface area contributed by atoms with Gasteiger partial charge in [-0.05, 0) is 32.2 Å². The van der Waals surface area contributed by atoms with Gasteiger partial charge in [0.05, 0.1) is 0 Å². The Morgan fingerprint density at radius 3 is 2.57 bits per heavy atom. The van der Waals surface area contributed by atoms with Crippen LogP contribution in [-0.2, 0) is 0 Å². The standard InChI is InChI=1S/C13H25N/c1-4-7-8-9-10-11-13(6-3)14-12-5-2/h1,13-14H,5-12H2,2-3H3. The van der Waals surface area contributed by atoms with E-state index in [1.54, 1.807) is 0 Å². The quantitative estimate of drug-likeness (QED) is 0.439. The van der Waals surface area contributed by atoms with Crippen LogP contribution in [0, 0.1) is 12.3 Å². The third kappa shape index (κ3) is 8.13. The molecule has 1 heteroatoms. The normalized spacial score (nSPS) is 12.4. The Balaban J connectivity index is 3.29. The minimum atomic E-state index is 0.723. The molecule has 0 aliphatic rings. The van der Waals surface area contributed by atoms with E-state index in [0.29, 0.717) is 0 Å². The van der Waals surface area contributed by atoms with E-state index in [2.05, 4.69) is 25.1 Å². The summed E-state index contributed by atoms with van der Waals surface area (Å²) in [6.45, 7) is 5.63. The lowest BCUT2D eigenvalue weighted by Crippen LogP contribution is -2.28. The molecule has 0 aromatic carbocycles. The molecule has 14 heavy (non-hydrogen) atoms. The average molecular weight is 195 g/mol. The van der Waals surface area contributed by atoms with Gasteiger partial charge >= 0.3 is 0 Å². The molecule has 0 heterocycles. The molecule has 0 amide bonds. The molecule has 1 unspecified atom stereocenters. The molecule has 1 atom stereocenters. The molecular formula is C13H25N. The van der Waals surface area contributed by atoms with Crippen molar-refractivity contribution >= 4 is 0 Å². The zero-order valence-electron chi connectivity index (χ0n) is 9.81. The lowest BCUT2D eigenvalue weighted by Gasteiger charge is -2.15. The predicted octanol–water partition coefficient (Wildman–Crippen LogP) is 3.35. The van der Waals surface area contributed by atoms with E-state index in [9.17, 15) is 0 Å². The summed E-state index contributed by atoms with van der Waals surface area (Å²) in [5.41, 5.74) is 0. The monoisotopic (exact) mass is 195 g/mol.